The highest BCUT2D eigenvalue weighted by Gasteiger charge is 2.51. The van der Waals surface area contributed by atoms with Crippen LogP contribution in [0.5, 0.6) is 51.7 Å². The molecule has 6 amide bonds. The van der Waals surface area contributed by atoms with Gasteiger partial charge in [-0.15, -0.1) is 0 Å². The fraction of sp³-hybridized carbons (Fsp3) is 0.460. The summed E-state index contributed by atoms with van der Waals surface area (Å²) in [5, 5.41) is 137. The van der Waals surface area contributed by atoms with Crippen LogP contribution >= 0.6 is 23.2 Å². The number of rotatable bonds is 30. The number of phenolic OH excluding ortho intramolecular Hbond substituents is 4. The Balaban J connectivity index is 1.05. The lowest BCUT2D eigenvalue weighted by atomic mass is 9.85. The number of fused-ring (bicyclic) bond motifs is 16. The number of carbonyl (C=O) groups is 11. The van der Waals surface area contributed by atoms with Crippen LogP contribution in [0.3, 0.4) is 0 Å². The predicted molar refractivity (Wildman–Crippen MR) is 449 cm³/mol. The number of aliphatic hydroxyl groups excluding tert-OH is 7. The molecular weight excluding hydrogens is 1710 g/mol. The number of aliphatic hydroxyl groups is 7. The standard InChI is InChI=1S/C87H104Cl2N8O30/c1-39(2)23-56(93-5)85(119)97-75-61(107)27-46(30-68(90)109)84(118)96-73-45-28-65(80(66(29-45)124-64-16-11-43(76(75)112)26-54(64)89)127-86-81(79(115)78(114)67(38-100)125-86)126-71-35-87(4,92)82(116)40(3)122-71)123-63-15-10-42(25-53(63)88)59(105)34-70(111)95-74(51-31-48(102)32-60(106)72(51)50-24-41(9-14-57(50)103)49(83(91)117)33-62(73)108)58(104)18-20-121-22-21-120-19-6-7-47(101)12-17-69(110)94-55-13-8-44(36-98)52(37-99)77(55)113/h8-11,13-16,24-26,28-29,31-32,37,39-40,46,49,56,59,67,71,73-76,78-79,81-82,86,93,98,100,102-103,105-106,112-116H,6-7,12,17-23,27,30,33-36,38,92H2,1-5H3,(H2,90,109)(H2,91,117)(H,94,110)(H,95,111)(H,96,118)(H,97,119)/t40-,46+,49-,56-,59+,67+,71-,73-,74?,75+,76-,78-,79+,81+,82-,86?,87+/m1/s1. The summed E-state index contributed by atoms with van der Waals surface area (Å²) in [4.78, 5) is 155. The number of halogens is 2. The van der Waals surface area contributed by atoms with E-state index in [9.17, 15) is 94.5 Å². The molecule has 22 N–H and O–H groups in total. The lowest BCUT2D eigenvalue weighted by Gasteiger charge is -2.47. The molecule has 2 unspecified atom stereocenters. The van der Waals surface area contributed by atoms with Crippen LogP contribution < -0.4 is 58.0 Å². The summed E-state index contributed by atoms with van der Waals surface area (Å²) in [5.41, 5.74) is 14.9. The molecule has 6 aromatic rings. The Hall–Kier alpha value is -10.9. The molecule has 6 aliphatic heterocycles. The number of primary amides is 2. The fourth-order valence-electron chi connectivity index (χ4n) is 15.3. The minimum absolute atomic E-state index is 0.00641. The van der Waals surface area contributed by atoms with E-state index < -0.39 is 264 Å². The van der Waals surface area contributed by atoms with Crippen molar-refractivity contribution >= 4 is 93.8 Å². The summed E-state index contributed by atoms with van der Waals surface area (Å²) in [5.74, 6) is -18.9. The first-order valence-corrected chi connectivity index (χ1v) is 41.5. The number of aldehydes is 1. The number of nitrogens with two attached hydrogens (primary N) is 3. The average Bonchev–Trinajstić information content (AvgIpc) is 0.768. The molecule has 0 radical (unpaired) electrons. The Bertz CT molecular complexity index is 5080. The van der Waals surface area contributed by atoms with Gasteiger partial charge in [-0.25, -0.2) is 0 Å². The summed E-state index contributed by atoms with van der Waals surface area (Å²) in [6, 6.07) is 9.89. The van der Waals surface area contributed by atoms with Crippen LogP contribution in [0, 0.1) is 11.8 Å². The number of carbonyl (C=O) groups excluding carboxylic acids is 11. The minimum Gasteiger partial charge on any atom is -0.508 e. The van der Waals surface area contributed by atoms with E-state index in [1.54, 1.807) is 0 Å². The fourth-order valence-corrected chi connectivity index (χ4v) is 15.7. The first kappa shape index (κ1) is 98.3. The van der Waals surface area contributed by atoms with Gasteiger partial charge in [-0.2, -0.15) is 0 Å². The van der Waals surface area contributed by atoms with E-state index in [4.69, 9.17) is 78.3 Å². The first-order chi connectivity index (χ1) is 60.2. The molecule has 6 aliphatic rings. The Labute approximate surface area is 737 Å². The number of nitrogens with one attached hydrogen (secondary N) is 5. The molecular formula is C87H104Cl2N8O30. The maximum atomic E-state index is 16.2. The average molecular weight is 1810 g/mol. The number of ether oxygens (including phenoxy) is 8. The van der Waals surface area contributed by atoms with Crippen LogP contribution in [0.15, 0.2) is 91.0 Å². The Morgan fingerprint density at radius 1 is 0.717 bits per heavy atom. The van der Waals surface area contributed by atoms with Crippen molar-refractivity contribution in [3.05, 3.63) is 140 Å². The number of anilines is 1. The second-order valence-electron chi connectivity index (χ2n) is 32.2. The van der Waals surface area contributed by atoms with Gasteiger partial charge in [0, 0.05) is 80.7 Å². The lowest BCUT2D eigenvalue weighted by molar-refractivity contribution is -0.333. The number of Topliss-reactive ketones (excluding diaryl/α,β-unsaturated/α-hetero) is 4. The van der Waals surface area contributed by atoms with Crippen LogP contribution in [0.2, 0.25) is 10.0 Å². The lowest BCUT2D eigenvalue weighted by Crippen LogP contribution is -2.64. The number of hydrogen-bond donors (Lipinski definition) is 19. The number of aromatic hydroxyl groups is 4. The van der Waals surface area contributed by atoms with Crippen LogP contribution in [-0.2, 0) is 78.2 Å². The molecule has 6 heterocycles. The molecule has 2 fully saturated rings. The highest BCUT2D eigenvalue weighted by molar-refractivity contribution is 6.32. The van der Waals surface area contributed by atoms with E-state index in [0.717, 1.165) is 54.6 Å². The summed E-state index contributed by atoms with van der Waals surface area (Å²) in [6.45, 7) is 4.58. The van der Waals surface area contributed by atoms with E-state index in [-0.39, 0.29) is 132 Å². The first-order valence-electron chi connectivity index (χ1n) is 40.8. The van der Waals surface area contributed by atoms with Gasteiger partial charge >= 0.3 is 0 Å². The quantitative estimate of drug-likeness (QED) is 0.0171. The van der Waals surface area contributed by atoms with Crippen LogP contribution in [0.4, 0.5) is 5.69 Å². The maximum absolute atomic E-state index is 16.2. The third kappa shape index (κ3) is 24.5. The molecule has 6 aromatic carbocycles. The predicted octanol–water partition coefficient (Wildman–Crippen LogP) is 4.15. The minimum atomic E-state index is -2.21. The monoisotopic (exact) mass is 1810 g/mol. The Morgan fingerprint density at radius 3 is 2.00 bits per heavy atom. The molecule has 2 saturated heterocycles. The second-order valence-corrected chi connectivity index (χ2v) is 33.0. The van der Waals surface area contributed by atoms with E-state index in [1.807, 2.05) is 13.8 Å². The van der Waals surface area contributed by atoms with Crippen LogP contribution in [0.25, 0.3) is 11.1 Å². The van der Waals surface area contributed by atoms with Crippen molar-refractivity contribution in [1.29, 1.82) is 0 Å². The zero-order valence-corrected chi connectivity index (χ0v) is 71.2. The SMILES string of the molecule is CN[C@H](CC(C)C)C(=O)N[C@H]1C(=O)C[C@@H](CC(N)=O)C(=O)N[C@H]2C(=O)C[C@@H](C(N)=O)c3ccc(O)c(c3)-c3c(O)cc(O)cc3C(C(=O)CCOCCOCCCC(=O)CCC(=O)Nc3ccc(CO)c(C=O)c3O)NC(=O)C[C@H](O)c3ccc(c(Cl)c3)Oc3cc2cc(c3OC2O[C@@H](CO)[C@@H](O)[C@H](O)[C@@H]2O[C@@H]2C[C@](C)(N)[C@H](O)[C@@H](C)O2)Oc2ccc(cc2Cl)[C@H]1O. The highest BCUT2D eigenvalue weighted by atomic mass is 35.5. The largest absolute Gasteiger partial charge is 0.508 e. The number of amides is 6. The summed E-state index contributed by atoms with van der Waals surface area (Å²) in [7, 11) is 1.49. The third-order valence-corrected chi connectivity index (χ3v) is 22.7. The molecule has 0 spiro atoms. The number of hydrogen-bond acceptors (Lipinski definition) is 32. The number of ketones is 4. The summed E-state index contributed by atoms with van der Waals surface area (Å²) < 4.78 is 50.1. The Morgan fingerprint density at radius 2 is 1.38 bits per heavy atom. The van der Waals surface area contributed by atoms with Crippen molar-refractivity contribution in [3.63, 3.8) is 0 Å². The van der Waals surface area contributed by atoms with Crippen molar-refractivity contribution < 1.29 is 147 Å². The molecule has 0 aromatic heterocycles. The molecule has 0 saturated carbocycles. The Kier molecular flexibility index (Phi) is 33.9. The van der Waals surface area contributed by atoms with Crippen LogP contribution in [-0.4, -0.2) is 228 Å². The molecule has 17 atom stereocenters. The van der Waals surface area contributed by atoms with Gasteiger partial charge in [0.1, 0.15) is 82.8 Å². The summed E-state index contributed by atoms with van der Waals surface area (Å²) in [6.07, 6.45) is -21.6. The molecule has 127 heavy (non-hydrogen) atoms. The van der Waals surface area contributed by atoms with Crippen molar-refractivity contribution in [2.24, 2.45) is 29.0 Å². The molecule has 0 aliphatic carbocycles. The van der Waals surface area contributed by atoms with Crippen molar-refractivity contribution in [3.8, 4) is 62.9 Å². The van der Waals surface area contributed by atoms with Gasteiger partial charge < -0.3 is 138 Å². The molecule has 38 nitrogen and oxygen atoms in total. The van der Waals surface area contributed by atoms with Crippen molar-refractivity contribution in [2.75, 3.05) is 45.4 Å². The molecule has 9 bridgehead atoms. The molecule has 686 valence electrons. The molecule has 12 rings (SSSR count). The third-order valence-electron chi connectivity index (χ3n) is 22.1. The van der Waals surface area contributed by atoms with Gasteiger partial charge in [-0.05, 0) is 134 Å². The number of likely N-dealkylation sites (N-methyl/N-ethyl adjacent to an activating group) is 1. The topological polar surface area (TPSA) is 622 Å². The maximum Gasteiger partial charge on any atom is 0.237 e. The molecule has 40 heteroatoms. The van der Waals surface area contributed by atoms with Gasteiger partial charge in [0.25, 0.3) is 0 Å². The van der Waals surface area contributed by atoms with Gasteiger partial charge in [0.15, 0.2) is 47.5 Å². The number of benzene rings is 6. The smallest absolute Gasteiger partial charge is 0.237 e. The van der Waals surface area contributed by atoms with E-state index >= 15 is 14.4 Å². The van der Waals surface area contributed by atoms with Crippen molar-refractivity contribution in [1.82, 2.24) is 21.3 Å². The summed E-state index contributed by atoms with van der Waals surface area (Å²) >= 11 is 14.3. The van der Waals surface area contributed by atoms with E-state index in [2.05, 4.69) is 26.6 Å². The van der Waals surface area contributed by atoms with Crippen molar-refractivity contribution in [2.45, 2.75) is 202 Å². The van der Waals surface area contributed by atoms with E-state index in [0.29, 0.717) is 6.29 Å². The van der Waals surface area contributed by atoms with Crippen LogP contribution in [0.1, 0.15) is 172 Å². The van der Waals surface area contributed by atoms with Gasteiger partial charge in [0.2, 0.25) is 47.5 Å². The zero-order chi connectivity index (χ0) is 92.7. The zero-order valence-electron chi connectivity index (χ0n) is 69.7. The van der Waals surface area contributed by atoms with E-state index in [1.165, 1.54) is 57.3 Å². The normalized spacial score (nSPS) is 24.9. The van der Waals surface area contributed by atoms with Gasteiger partial charge in [0.05, 0.1) is 96.9 Å². The van der Waals surface area contributed by atoms with Gasteiger partial charge in [-0.1, -0.05) is 61.3 Å². The highest BCUT2D eigenvalue weighted by Crippen LogP contribution is 2.51. The number of phenols is 4. The second kappa shape index (κ2) is 43.7. The van der Waals surface area contributed by atoms with Gasteiger partial charge in [-0.3, -0.25) is 52.7 Å².